The van der Waals surface area contributed by atoms with Crippen LogP contribution in [-0.2, 0) is 7.05 Å². The summed E-state index contributed by atoms with van der Waals surface area (Å²) in [6.45, 7) is 8.68. The van der Waals surface area contributed by atoms with Crippen LogP contribution in [0.25, 0.3) is 11.0 Å². The first-order valence-corrected chi connectivity index (χ1v) is 7.09. The average molecular weight is 258 g/mol. The maximum Gasteiger partial charge on any atom is 0.112 e. The largest absolute Gasteiger partial charge is 0.369 e. The fourth-order valence-corrected chi connectivity index (χ4v) is 2.84. The van der Waals surface area contributed by atoms with Crippen LogP contribution in [0.5, 0.6) is 0 Å². The molecule has 4 nitrogen and oxygen atoms in total. The minimum Gasteiger partial charge on any atom is -0.369 e. The first kappa shape index (κ1) is 12.5. The predicted molar refractivity (Wildman–Crippen MR) is 79.9 cm³/mol. The second-order valence-corrected chi connectivity index (χ2v) is 5.59. The Morgan fingerprint density at radius 1 is 1.21 bits per heavy atom. The average Bonchev–Trinajstić information content (AvgIpc) is 2.77. The maximum absolute atomic E-state index is 4.79. The number of hydrogen-bond donors (Lipinski definition) is 1. The molecular formula is C15H22N4. The van der Waals surface area contributed by atoms with Gasteiger partial charge < -0.3 is 14.8 Å². The molecule has 1 aliphatic rings. The fraction of sp³-hybridized carbons (Fsp3) is 0.533. The van der Waals surface area contributed by atoms with Crippen molar-refractivity contribution in [2.24, 2.45) is 7.05 Å². The standard InChI is InChI=1S/C15H22N4/c1-11(2)15-17-13-10-12(4-5-14(13)18(15)3)19-8-6-16-7-9-19/h4-5,10-11,16H,6-9H2,1-3H3. The fourth-order valence-electron chi connectivity index (χ4n) is 2.84. The molecule has 0 saturated carbocycles. The number of benzene rings is 1. The van der Waals surface area contributed by atoms with Gasteiger partial charge in [-0.3, -0.25) is 0 Å². The van der Waals surface area contributed by atoms with Gasteiger partial charge in [0.1, 0.15) is 5.82 Å². The molecule has 1 saturated heterocycles. The monoisotopic (exact) mass is 258 g/mol. The van der Waals surface area contributed by atoms with Crippen LogP contribution in [0, 0.1) is 0 Å². The first-order valence-electron chi connectivity index (χ1n) is 7.09. The van der Waals surface area contributed by atoms with Gasteiger partial charge in [0.05, 0.1) is 11.0 Å². The van der Waals surface area contributed by atoms with Gasteiger partial charge in [-0.05, 0) is 18.2 Å². The molecule has 0 atom stereocenters. The van der Waals surface area contributed by atoms with Crippen LogP contribution in [0.4, 0.5) is 5.69 Å². The lowest BCUT2D eigenvalue weighted by molar-refractivity contribution is 0.589. The molecule has 1 N–H and O–H groups in total. The predicted octanol–water partition coefficient (Wildman–Crippen LogP) is 2.11. The highest BCUT2D eigenvalue weighted by Crippen LogP contribution is 2.25. The van der Waals surface area contributed by atoms with E-state index in [-0.39, 0.29) is 0 Å². The van der Waals surface area contributed by atoms with E-state index in [1.54, 1.807) is 0 Å². The van der Waals surface area contributed by atoms with Crippen molar-refractivity contribution in [1.82, 2.24) is 14.9 Å². The Kier molecular flexibility index (Phi) is 3.19. The van der Waals surface area contributed by atoms with Gasteiger partial charge in [-0.2, -0.15) is 0 Å². The summed E-state index contributed by atoms with van der Waals surface area (Å²) in [4.78, 5) is 7.22. The summed E-state index contributed by atoms with van der Waals surface area (Å²) in [6.07, 6.45) is 0. The lowest BCUT2D eigenvalue weighted by Gasteiger charge is -2.29. The summed E-state index contributed by atoms with van der Waals surface area (Å²) in [5, 5.41) is 3.39. The van der Waals surface area contributed by atoms with Crippen LogP contribution in [0.1, 0.15) is 25.6 Å². The Morgan fingerprint density at radius 2 is 1.95 bits per heavy atom. The van der Waals surface area contributed by atoms with Crippen LogP contribution in [-0.4, -0.2) is 35.7 Å². The van der Waals surface area contributed by atoms with Gasteiger partial charge in [-0.15, -0.1) is 0 Å². The molecule has 1 fully saturated rings. The van der Waals surface area contributed by atoms with Crippen molar-refractivity contribution >= 4 is 16.7 Å². The number of rotatable bonds is 2. The molecule has 0 unspecified atom stereocenters. The van der Waals surface area contributed by atoms with Crippen molar-refractivity contribution < 1.29 is 0 Å². The number of piperazine rings is 1. The summed E-state index contributed by atoms with van der Waals surface area (Å²) >= 11 is 0. The molecule has 0 aliphatic carbocycles. The zero-order valence-electron chi connectivity index (χ0n) is 12.0. The van der Waals surface area contributed by atoms with Crippen molar-refractivity contribution in [3.05, 3.63) is 24.0 Å². The Hall–Kier alpha value is -1.55. The Labute approximate surface area is 114 Å². The highest BCUT2D eigenvalue weighted by atomic mass is 15.2. The van der Waals surface area contributed by atoms with Crippen molar-refractivity contribution in [1.29, 1.82) is 0 Å². The number of imidazole rings is 1. The molecule has 2 heterocycles. The minimum absolute atomic E-state index is 0.458. The number of nitrogens with one attached hydrogen (secondary N) is 1. The highest BCUT2D eigenvalue weighted by molar-refractivity contribution is 5.80. The van der Waals surface area contributed by atoms with Crippen molar-refractivity contribution in [2.75, 3.05) is 31.1 Å². The topological polar surface area (TPSA) is 33.1 Å². The minimum atomic E-state index is 0.458. The summed E-state index contributed by atoms with van der Waals surface area (Å²) in [6, 6.07) is 6.65. The quantitative estimate of drug-likeness (QED) is 0.895. The molecule has 1 aliphatic heterocycles. The lowest BCUT2D eigenvalue weighted by Crippen LogP contribution is -2.43. The van der Waals surface area contributed by atoms with Gasteiger partial charge in [-0.25, -0.2) is 4.98 Å². The third-order valence-corrected chi connectivity index (χ3v) is 3.90. The van der Waals surface area contributed by atoms with E-state index in [2.05, 4.69) is 53.9 Å². The molecule has 0 radical (unpaired) electrons. The summed E-state index contributed by atoms with van der Waals surface area (Å²) in [5.41, 5.74) is 3.63. The zero-order valence-corrected chi connectivity index (χ0v) is 12.0. The Morgan fingerprint density at radius 3 is 2.63 bits per heavy atom. The van der Waals surface area contributed by atoms with Gasteiger partial charge in [0.15, 0.2) is 0 Å². The zero-order chi connectivity index (χ0) is 13.4. The van der Waals surface area contributed by atoms with E-state index in [1.165, 1.54) is 11.2 Å². The number of aromatic nitrogens is 2. The molecule has 102 valence electrons. The Bertz CT molecular complexity index is 579. The van der Waals surface area contributed by atoms with Crippen LogP contribution in [0.3, 0.4) is 0 Å². The smallest absolute Gasteiger partial charge is 0.112 e. The molecule has 3 rings (SSSR count). The molecule has 0 spiro atoms. The Balaban J connectivity index is 2.00. The molecular weight excluding hydrogens is 236 g/mol. The van der Waals surface area contributed by atoms with E-state index in [9.17, 15) is 0 Å². The van der Waals surface area contributed by atoms with E-state index in [0.717, 1.165) is 37.5 Å². The molecule has 0 bridgehead atoms. The van der Waals surface area contributed by atoms with E-state index in [0.29, 0.717) is 5.92 Å². The SMILES string of the molecule is CC(C)c1nc2cc(N3CCNCC3)ccc2n1C. The van der Waals surface area contributed by atoms with Gasteiger partial charge in [-0.1, -0.05) is 13.8 Å². The molecule has 1 aromatic carbocycles. The van der Waals surface area contributed by atoms with Crippen LogP contribution >= 0.6 is 0 Å². The van der Waals surface area contributed by atoms with Crippen molar-refractivity contribution in [3.63, 3.8) is 0 Å². The number of nitrogens with zero attached hydrogens (tertiary/aromatic N) is 3. The summed E-state index contributed by atoms with van der Waals surface area (Å²) in [5.74, 6) is 1.62. The maximum atomic E-state index is 4.79. The normalized spacial score (nSPS) is 16.5. The van der Waals surface area contributed by atoms with Gasteiger partial charge in [0, 0.05) is 44.8 Å². The summed E-state index contributed by atoms with van der Waals surface area (Å²) < 4.78 is 2.21. The number of hydrogen-bond acceptors (Lipinski definition) is 3. The van der Waals surface area contributed by atoms with Gasteiger partial charge in [0.25, 0.3) is 0 Å². The first-order chi connectivity index (χ1) is 9.16. The van der Waals surface area contributed by atoms with Crippen LogP contribution < -0.4 is 10.2 Å². The third kappa shape index (κ3) is 2.21. The molecule has 2 aromatic rings. The van der Waals surface area contributed by atoms with E-state index in [1.807, 2.05) is 0 Å². The molecule has 19 heavy (non-hydrogen) atoms. The second kappa shape index (κ2) is 4.85. The van der Waals surface area contributed by atoms with Gasteiger partial charge >= 0.3 is 0 Å². The van der Waals surface area contributed by atoms with E-state index in [4.69, 9.17) is 4.98 Å². The molecule has 1 aromatic heterocycles. The third-order valence-electron chi connectivity index (χ3n) is 3.90. The van der Waals surface area contributed by atoms with Crippen LogP contribution in [0.15, 0.2) is 18.2 Å². The van der Waals surface area contributed by atoms with E-state index < -0.39 is 0 Å². The van der Waals surface area contributed by atoms with E-state index >= 15 is 0 Å². The molecule has 4 heteroatoms. The number of aryl methyl sites for hydroxylation is 1. The highest BCUT2D eigenvalue weighted by Gasteiger charge is 2.14. The molecule has 0 amide bonds. The van der Waals surface area contributed by atoms with Crippen molar-refractivity contribution in [3.8, 4) is 0 Å². The number of fused-ring (bicyclic) bond motifs is 1. The van der Waals surface area contributed by atoms with Gasteiger partial charge in [0.2, 0.25) is 0 Å². The number of anilines is 1. The van der Waals surface area contributed by atoms with Crippen molar-refractivity contribution in [2.45, 2.75) is 19.8 Å². The summed E-state index contributed by atoms with van der Waals surface area (Å²) in [7, 11) is 2.11. The van der Waals surface area contributed by atoms with Crippen LogP contribution in [0.2, 0.25) is 0 Å². The second-order valence-electron chi connectivity index (χ2n) is 5.59. The lowest BCUT2D eigenvalue weighted by atomic mass is 10.2.